The number of nitrogens with zero attached hydrogens (tertiary/aromatic N) is 2. The molecule has 0 saturated carbocycles. The first-order valence-corrected chi connectivity index (χ1v) is 8.35. The molecule has 0 aliphatic heterocycles. The molecule has 1 amide bonds. The lowest BCUT2D eigenvalue weighted by Crippen LogP contribution is -2.28. The zero-order valence-corrected chi connectivity index (χ0v) is 13.9. The van der Waals surface area contributed by atoms with E-state index in [1.165, 1.54) is 11.3 Å². The van der Waals surface area contributed by atoms with Crippen molar-refractivity contribution < 1.29 is 4.79 Å². The van der Waals surface area contributed by atoms with Crippen molar-refractivity contribution in [2.24, 2.45) is 5.92 Å². The fraction of sp³-hybridized carbons (Fsp3) is 0.556. The molecule has 0 radical (unpaired) electrons. The van der Waals surface area contributed by atoms with Gasteiger partial charge < -0.3 is 9.88 Å². The minimum Gasteiger partial charge on any atom is -0.356 e. The fourth-order valence-corrected chi connectivity index (χ4v) is 2.67. The number of imidazole rings is 1. The van der Waals surface area contributed by atoms with Gasteiger partial charge >= 0.3 is 0 Å². The number of hydrogen-bond donors (Lipinski definition) is 1. The Balaban J connectivity index is 1.79. The van der Waals surface area contributed by atoms with E-state index in [9.17, 15) is 4.79 Å². The van der Waals surface area contributed by atoms with Gasteiger partial charge in [0.05, 0.1) is 11.0 Å². The molecule has 1 heterocycles. The van der Waals surface area contributed by atoms with E-state index < -0.39 is 0 Å². The number of fused-ring (bicyclic) bond motifs is 1. The predicted octanol–water partition coefficient (Wildman–Crippen LogP) is 3.54. The van der Waals surface area contributed by atoms with Crippen LogP contribution in [0.2, 0.25) is 0 Å². The zero-order chi connectivity index (χ0) is 15.9. The number of benzene rings is 1. The summed E-state index contributed by atoms with van der Waals surface area (Å²) >= 11 is 0. The molecule has 0 spiro atoms. The summed E-state index contributed by atoms with van der Waals surface area (Å²) in [7, 11) is 0. The van der Waals surface area contributed by atoms with E-state index in [1.807, 2.05) is 19.9 Å². The maximum Gasteiger partial charge on any atom is 0.222 e. The van der Waals surface area contributed by atoms with Crippen molar-refractivity contribution >= 4 is 16.9 Å². The van der Waals surface area contributed by atoms with E-state index in [0.717, 1.165) is 44.3 Å². The Kier molecular flexibility index (Phi) is 5.99. The van der Waals surface area contributed by atoms with Gasteiger partial charge in [-0.1, -0.05) is 32.4 Å². The van der Waals surface area contributed by atoms with Crippen LogP contribution in [0.5, 0.6) is 0 Å². The van der Waals surface area contributed by atoms with Crippen LogP contribution in [-0.4, -0.2) is 22.0 Å². The largest absolute Gasteiger partial charge is 0.356 e. The number of carbonyl (C=O) groups is 1. The molecule has 4 heteroatoms. The highest BCUT2D eigenvalue weighted by Gasteiger charge is 2.08. The molecule has 0 bridgehead atoms. The smallest absolute Gasteiger partial charge is 0.222 e. The maximum atomic E-state index is 11.5. The first-order valence-electron chi connectivity index (χ1n) is 8.35. The summed E-state index contributed by atoms with van der Waals surface area (Å²) < 4.78 is 2.30. The van der Waals surface area contributed by atoms with E-state index in [1.54, 1.807) is 0 Å². The molecule has 120 valence electrons. The highest BCUT2D eigenvalue weighted by Crippen LogP contribution is 2.17. The number of aromatic nitrogens is 2. The van der Waals surface area contributed by atoms with Crippen LogP contribution in [0.3, 0.4) is 0 Å². The molecule has 2 rings (SSSR count). The van der Waals surface area contributed by atoms with E-state index in [-0.39, 0.29) is 11.8 Å². The SMILES string of the molecule is CCn1c(CCCCCNC(=O)C(C)C)nc2ccccc21. The number of hydrogen-bond acceptors (Lipinski definition) is 2. The van der Waals surface area contributed by atoms with Crippen molar-refractivity contribution in [3.8, 4) is 0 Å². The first kappa shape index (κ1) is 16.5. The second-order valence-electron chi connectivity index (χ2n) is 6.02. The van der Waals surface area contributed by atoms with Crippen LogP contribution in [0.25, 0.3) is 11.0 Å². The van der Waals surface area contributed by atoms with Crippen LogP contribution >= 0.6 is 0 Å². The highest BCUT2D eigenvalue weighted by atomic mass is 16.1. The molecular formula is C18H27N3O. The molecule has 0 unspecified atom stereocenters. The summed E-state index contributed by atoms with van der Waals surface area (Å²) in [4.78, 5) is 16.2. The lowest BCUT2D eigenvalue weighted by Gasteiger charge is -2.08. The molecule has 22 heavy (non-hydrogen) atoms. The van der Waals surface area contributed by atoms with Crippen molar-refractivity contribution in [3.63, 3.8) is 0 Å². The normalized spacial score (nSPS) is 11.3. The lowest BCUT2D eigenvalue weighted by atomic mass is 10.1. The van der Waals surface area contributed by atoms with Crippen molar-refractivity contribution in [2.45, 2.75) is 53.0 Å². The van der Waals surface area contributed by atoms with Gasteiger partial charge in [-0.3, -0.25) is 4.79 Å². The van der Waals surface area contributed by atoms with Crippen LogP contribution in [0.1, 0.15) is 45.9 Å². The Hall–Kier alpha value is -1.84. The Morgan fingerprint density at radius 2 is 2.00 bits per heavy atom. The molecule has 2 aromatic rings. The van der Waals surface area contributed by atoms with Crippen molar-refractivity contribution in [1.29, 1.82) is 0 Å². The Labute approximate surface area is 132 Å². The van der Waals surface area contributed by atoms with E-state index >= 15 is 0 Å². The monoisotopic (exact) mass is 301 g/mol. The summed E-state index contributed by atoms with van der Waals surface area (Å²) in [5.41, 5.74) is 2.31. The second-order valence-corrected chi connectivity index (χ2v) is 6.02. The first-order chi connectivity index (χ1) is 10.6. The summed E-state index contributed by atoms with van der Waals surface area (Å²) in [6, 6.07) is 8.32. The van der Waals surface area contributed by atoms with Gasteiger partial charge in [-0.05, 0) is 31.9 Å². The summed E-state index contributed by atoms with van der Waals surface area (Å²) in [5, 5.41) is 2.97. The standard InChI is InChI=1S/C18H27N3O/c1-4-21-16-11-8-7-10-15(16)20-17(21)12-6-5-9-13-19-18(22)14(2)3/h7-8,10-11,14H,4-6,9,12-13H2,1-3H3,(H,19,22). The third kappa shape index (κ3) is 4.09. The summed E-state index contributed by atoms with van der Waals surface area (Å²) in [5.74, 6) is 1.40. The van der Waals surface area contributed by atoms with Gasteiger partial charge in [0.15, 0.2) is 0 Å². The van der Waals surface area contributed by atoms with Crippen LogP contribution < -0.4 is 5.32 Å². The molecule has 0 aliphatic carbocycles. The van der Waals surface area contributed by atoms with Crippen LogP contribution in [-0.2, 0) is 17.8 Å². The van der Waals surface area contributed by atoms with Crippen LogP contribution in [0.4, 0.5) is 0 Å². The fourth-order valence-electron chi connectivity index (χ4n) is 2.67. The van der Waals surface area contributed by atoms with Crippen molar-refractivity contribution in [2.75, 3.05) is 6.54 Å². The van der Waals surface area contributed by atoms with Gasteiger partial charge in [-0.2, -0.15) is 0 Å². The van der Waals surface area contributed by atoms with E-state index in [2.05, 4.69) is 35.0 Å². The van der Waals surface area contributed by atoms with Gasteiger partial charge in [-0.25, -0.2) is 4.98 Å². The Morgan fingerprint density at radius 1 is 1.23 bits per heavy atom. The van der Waals surface area contributed by atoms with Gasteiger partial charge in [0.25, 0.3) is 0 Å². The van der Waals surface area contributed by atoms with Crippen molar-refractivity contribution in [1.82, 2.24) is 14.9 Å². The molecule has 1 aromatic heterocycles. The Morgan fingerprint density at radius 3 is 2.73 bits per heavy atom. The van der Waals surface area contributed by atoms with Gasteiger partial charge in [0.1, 0.15) is 5.82 Å². The molecule has 4 nitrogen and oxygen atoms in total. The molecular weight excluding hydrogens is 274 g/mol. The number of rotatable bonds is 8. The minimum atomic E-state index is 0.0736. The number of amides is 1. The van der Waals surface area contributed by atoms with Crippen LogP contribution in [0.15, 0.2) is 24.3 Å². The van der Waals surface area contributed by atoms with Gasteiger partial charge in [0, 0.05) is 25.4 Å². The average Bonchev–Trinajstić information content (AvgIpc) is 2.87. The predicted molar refractivity (Wildman–Crippen MR) is 90.8 cm³/mol. The number of unbranched alkanes of at least 4 members (excludes halogenated alkanes) is 2. The number of carbonyl (C=O) groups excluding carboxylic acids is 1. The van der Waals surface area contributed by atoms with Gasteiger partial charge in [0.2, 0.25) is 5.91 Å². The Bertz CT molecular complexity index is 616. The van der Waals surface area contributed by atoms with Crippen LogP contribution in [0, 0.1) is 5.92 Å². The lowest BCUT2D eigenvalue weighted by molar-refractivity contribution is -0.123. The third-order valence-electron chi connectivity index (χ3n) is 3.95. The molecule has 1 N–H and O–H groups in total. The van der Waals surface area contributed by atoms with Gasteiger partial charge in [-0.15, -0.1) is 0 Å². The number of para-hydroxylation sites is 2. The minimum absolute atomic E-state index is 0.0736. The summed E-state index contributed by atoms with van der Waals surface area (Å²) in [6.07, 6.45) is 4.26. The second kappa shape index (κ2) is 7.97. The average molecular weight is 301 g/mol. The highest BCUT2D eigenvalue weighted by molar-refractivity contribution is 5.77. The third-order valence-corrected chi connectivity index (χ3v) is 3.95. The molecule has 0 saturated heterocycles. The maximum absolute atomic E-state index is 11.5. The van der Waals surface area contributed by atoms with E-state index in [0.29, 0.717) is 0 Å². The topological polar surface area (TPSA) is 46.9 Å². The number of aryl methyl sites for hydroxylation is 2. The molecule has 0 fully saturated rings. The van der Waals surface area contributed by atoms with E-state index in [4.69, 9.17) is 4.98 Å². The number of nitrogens with one attached hydrogen (secondary N) is 1. The quantitative estimate of drug-likeness (QED) is 0.758. The zero-order valence-electron chi connectivity index (χ0n) is 13.9. The molecule has 1 aromatic carbocycles. The molecule has 0 atom stereocenters. The summed E-state index contributed by atoms with van der Waals surface area (Å²) in [6.45, 7) is 7.75. The van der Waals surface area contributed by atoms with Crippen molar-refractivity contribution in [3.05, 3.63) is 30.1 Å². The molecule has 0 aliphatic rings.